The van der Waals surface area contributed by atoms with Crippen LogP contribution in [0.2, 0.25) is 0 Å². The summed E-state index contributed by atoms with van der Waals surface area (Å²) in [4.78, 5) is 12.6. The molecule has 0 bridgehead atoms. The number of carbonyl (C=O) groups is 1. The summed E-state index contributed by atoms with van der Waals surface area (Å²) in [5.41, 5.74) is 0. The highest BCUT2D eigenvalue weighted by Gasteiger charge is 2.37. The lowest BCUT2D eigenvalue weighted by Gasteiger charge is -2.33. The molecule has 0 aliphatic carbocycles. The molecule has 10 atom stereocenters. The van der Waals surface area contributed by atoms with Gasteiger partial charge in [0.15, 0.2) is 0 Å². The van der Waals surface area contributed by atoms with Crippen LogP contribution in [0.15, 0.2) is 0 Å². The van der Waals surface area contributed by atoms with E-state index in [-0.39, 0.29) is 17.9 Å². The first-order valence-electron chi connectivity index (χ1n) is 10.5. The monoisotopic (exact) mass is 387 g/mol. The van der Waals surface area contributed by atoms with E-state index in [1.807, 2.05) is 27.7 Å². The van der Waals surface area contributed by atoms with E-state index >= 15 is 0 Å². The Kier molecular flexibility index (Phi) is 9.69. The maximum atomic E-state index is 12.6. The molecular formula is C21H41NO5. The average Bonchev–Trinajstić information content (AvgIpc) is 2.65. The third-order valence-corrected chi connectivity index (χ3v) is 6.41. The summed E-state index contributed by atoms with van der Waals surface area (Å²) in [6.07, 6.45) is -1.38. The van der Waals surface area contributed by atoms with Gasteiger partial charge in [0.05, 0.1) is 24.2 Å². The average molecular weight is 388 g/mol. The molecule has 7 unspecified atom stereocenters. The predicted octanol–water partition coefficient (Wildman–Crippen LogP) is 1.95. The van der Waals surface area contributed by atoms with Crippen molar-refractivity contribution in [2.24, 2.45) is 29.6 Å². The summed E-state index contributed by atoms with van der Waals surface area (Å²) >= 11 is 0. The number of nitrogens with one attached hydrogen (secondary N) is 1. The zero-order valence-corrected chi connectivity index (χ0v) is 18.1. The Morgan fingerprint density at radius 1 is 0.963 bits per heavy atom. The van der Waals surface area contributed by atoms with Crippen molar-refractivity contribution in [3.63, 3.8) is 0 Å². The minimum atomic E-state index is -0.981. The molecule has 1 saturated heterocycles. The minimum Gasteiger partial charge on any atom is -0.462 e. The number of ether oxygens (including phenoxy) is 1. The molecule has 6 heteroatoms. The molecule has 0 radical (unpaired) electrons. The molecule has 1 aliphatic rings. The second-order valence-electron chi connectivity index (χ2n) is 8.88. The van der Waals surface area contributed by atoms with Gasteiger partial charge in [-0.05, 0) is 45.1 Å². The summed E-state index contributed by atoms with van der Waals surface area (Å²) in [6, 6.07) is -0.137. The SMILES string of the molecule is CC[C@@H]1OC(=O)[C@H](C)C(O)C(C)C(O)C(C)C[C@H](C)CNC(C)C(O)C1C. The Morgan fingerprint density at radius 2 is 1.56 bits per heavy atom. The first-order valence-corrected chi connectivity index (χ1v) is 10.5. The van der Waals surface area contributed by atoms with Crippen LogP contribution in [-0.2, 0) is 9.53 Å². The highest BCUT2D eigenvalue weighted by Crippen LogP contribution is 2.27. The van der Waals surface area contributed by atoms with Crippen molar-refractivity contribution in [3.05, 3.63) is 0 Å². The van der Waals surface area contributed by atoms with Crippen molar-refractivity contribution < 1.29 is 24.9 Å². The van der Waals surface area contributed by atoms with Gasteiger partial charge in [0.1, 0.15) is 6.10 Å². The van der Waals surface area contributed by atoms with Gasteiger partial charge in [-0.2, -0.15) is 0 Å². The smallest absolute Gasteiger partial charge is 0.311 e. The fourth-order valence-electron chi connectivity index (χ4n) is 4.17. The van der Waals surface area contributed by atoms with E-state index in [1.54, 1.807) is 13.8 Å². The first kappa shape index (κ1) is 24.3. The van der Waals surface area contributed by atoms with Gasteiger partial charge >= 0.3 is 5.97 Å². The molecule has 0 spiro atoms. The van der Waals surface area contributed by atoms with Crippen LogP contribution in [0, 0.1) is 29.6 Å². The zero-order chi connectivity index (χ0) is 20.9. The maximum absolute atomic E-state index is 12.6. The summed E-state index contributed by atoms with van der Waals surface area (Å²) in [5.74, 6) is -1.58. The van der Waals surface area contributed by atoms with Crippen LogP contribution in [0.3, 0.4) is 0 Å². The molecule has 160 valence electrons. The second-order valence-corrected chi connectivity index (χ2v) is 8.88. The number of cyclic esters (lactones) is 1. The highest BCUT2D eigenvalue weighted by atomic mass is 16.5. The molecule has 1 aliphatic heterocycles. The van der Waals surface area contributed by atoms with Crippen molar-refractivity contribution in [2.45, 2.75) is 91.8 Å². The second kappa shape index (κ2) is 10.7. The van der Waals surface area contributed by atoms with Crippen LogP contribution in [-0.4, -0.2) is 58.3 Å². The van der Waals surface area contributed by atoms with E-state index in [0.717, 1.165) is 13.0 Å². The summed E-state index contributed by atoms with van der Waals surface area (Å²) in [7, 11) is 0. The predicted molar refractivity (Wildman–Crippen MR) is 106 cm³/mol. The molecule has 1 fully saturated rings. The lowest BCUT2D eigenvalue weighted by Crippen LogP contribution is -2.47. The van der Waals surface area contributed by atoms with Gasteiger partial charge in [-0.1, -0.05) is 34.6 Å². The van der Waals surface area contributed by atoms with Gasteiger partial charge in [-0.25, -0.2) is 0 Å². The Hall–Kier alpha value is -0.690. The van der Waals surface area contributed by atoms with Crippen LogP contribution in [0.5, 0.6) is 0 Å². The fourth-order valence-corrected chi connectivity index (χ4v) is 4.17. The zero-order valence-electron chi connectivity index (χ0n) is 18.1. The molecule has 1 rings (SSSR count). The van der Waals surface area contributed by atoms with E-state index in [4.69, 9.17) is 4.74 Å². The van der Waals surface area contributed by atoms with Crippen molar-refractivity contribution in [1.82, 2.24) is 5.32 Å². The van der Waals surface area contributed by atoms with E-state index in [9.17, 15) is 20.1 Å². The van der Waals surface area contributed by atoms with Crippen LogP contribution in [0.25, 0.3) is 0 Å². The van der Waals surface area contributed by atoms with Gasteiger partial charge in [-0.3, -0.25) is 4.79 Å². The topological polar surface area (TPSA) is 99.0 Å². The molecule has 0 amide bonds. The Balaban J connectivity index is 3.09. The molecule has 0 saturated carbocycles. The summed E-state index contributed by atoms with van der Waals surface area (Å²) < 4.78 is 5.65. The number of aliphatic hydroxyl groups excluding tert-OH is 3. The number of hydrogen-bond acceptors (Lipinski definition) is 6. The fraction of sp³-hybridized carbons (Fsp3) is 0.952. The van der Waals surface area contributed by atoms with Crippen molar-refractivity contribution >= 4 is 5.97 Å². The van der Waals surface area contributed by atoms with Gasteiger partial charge in [0.25, 0.3) is 0 Å². The van der Waals surface area contributed by atoms with Crippen molar-refractivity contribution in [2.75, 3.05) is 6.54 Å². The molecule has 0 aromatic rings. The van der Waals surface area contributed by atoms with Crippen LogP contribution in [0.1, 0.15) is 61.3 Å². The van der Waals surface area contributed by atoms with Gasteiger partial charge in [-0.15, -0.1) is 0 Å². The van der Waals surface area contributed by atoms with Crippen molar-refractivity contribution in [1.29, 1.82) is 0 Å². The maximum Gasteiger partial charge on any atom is 0.311 e. The molecule has 6 nitrogen and oxygen atoms in total. The quantitative estimate of drug-likeness (QED) is 0.513. The number of hydrogen-bond donors (Lipinski definition) is 4. The molecule has 1 heterocycles. The lowest BCUT2D eigenvalue weighted by molar-refractivity contribution is -0.165. The summed E-state index contributed by atoms with van der Waals surface area (Å²) in [6.45, 7) is 14.0. The molecular weight excluding hydrogens is 346 g/mol. The van der Waals surface area contributed by atoms with Gasteiger partial charge in [0.2, 0.25) is 0 Å². The highest BCUT2D eigenvalue weighted by molar-refractivity contribution is 5.73. The molecule has 4 N–H and O–H groups in total. The van der Waals surface area contributed by atoms with E-state index in [0.29, 0.717) is 12.3 Å². The van der Waals surface area contributed by atoms with Crippen LogP contribution in [0.4, 0.5) is 0 Å². The molecule has 0 aromatic carbocycles. The van der Waals surface area contributed by atoms with Gasteiger partial charge < -0.3 is 25.4 Å². The van der Waals surface area contributed by atoms with Crippen LogP contribution >= 0.6 is 0 Å². The third-order valence-electron chi connectivity index (χ3n) is 6.41. The number of rotatable bonds is 1. The summed E-state index contributed by atoms with van der Waals surface area (Å²) in [5, 5.41) is 35.4. The molecule has 0 aromatic heterocycles. The number of carbonyl (C=O) groups excluding carboxylic acids is 1. The van der Waals surface area contributed by atoms with Crippen LogP contribution < -0.4 is 5.32 Å². The van der Waals surface area contributed by atoms with E-state index in [1.165, 1.54) is 0 Å². The van der Waals surface area contributed by atoms with E-state index < -0.39 is 42.2 Å². The van der Waals surface area contributed by atoms with E-state index in [2.05, 4.69) is 12.2 Å². The lowest BCUT2D eigenvalue weighted by atomic mass is 9.81. The standard InChI is InChI=1S/C21H41NO5/c1-8-17-13(4)20(25)16(7)22-10-11(2)9-12(3)18(23)14(5)19(24)15(6)21(26)27-17/h11-20,22-25H,8-10H2,1-7H3/t11-,12?,13?,14?,15+,16?,17-,18?,19?,20?/m0/s1. The Bertz CT molecular complexity index is 460. The third kappa shape index (κ3) is 6.41. The Labute approximate surface area is 164 Å². The normalized spacial score (nSPS) is 46.2. The van der Waals surface area contributed by atoms with Crippen molar-refractivity contribution in [3.8, 4) is 0 Å². The Morgan fingerprint density at radius 3 is 2.11 bits per heavy atom. The largest absolute Gasteiger partial charge is 0.462 e. The number of esters is 1. The number of aliphatic hydroxyl groups is 3. The minimum absolute atomic E-state index is 0.0117. The molecule has 27 heavy (non-hydrogen) atoms. The first-order chi connectivity index (χ1) is 12.5. The van der Waals surface area contributed by atoms with Gasteiger partial charge in [0, 0.05) is 17.9 Å².